The number of aliphatic carboxylic acids is 1. The fourth-order valence-electron chi connectivity index (χ4n) is 10.6. The number of carboxylic acid groups (broad SMARTS) is 1. The van der Waals surface area contributed by atoms with Gasteiger partial charge in [-0.05, 0) is 79.6 Å². The summed E-state index contributed by atoms with van der Waals surface area (Å²) in [5.41, 5.74) is 0.744. The third-order valence-corrected chi connectivity index (χ3v) is 12.2. The number of nitrogens with zero attached hydrogens (tertiary/aromatic N) is 1. The first-order valence-electron chi connectivity index (χ1n) is 14.9. The molecule has 0 radical (unpaired) electrons. The Labute approximate surface area is 230 Å². The van der Waals surface area contributed by atoms with Crippen LogP contribution in [0.15, 0.2) is 54.1 Å². The minimum Gasteiger partial charge on any atom is -0.481 e. The van der Waals surface area contributed by atoms with Crippen LogP contribution in [-0.2, 0) is 14.4 Å². The number of hydrogen-bond donors (Lipinski definition) is 1. The van der Waals surface area contributed by atoms with Gasteiger partial charge in [-0.15, -0.1) is 0 Å². The van der Waals surface area contributed by atoms with E-state index in [-0.39, 0.29) is 46.8 Å². The Morgan fingerprint density at radius 2 is 1.72 bits per heavy atom. The summed E-state index contributed by atoms with van der Waals surface area (Å²) in [6.45, 7) is 8.71. The van der Waals surface area contributed by atoms with Crippen LogP contribution in [0.25, 0.3) is 10.8 Å². The maximum absolute atomic E-state index is 14.6. The van der Waals surface area contributed by atoms with Gasteiger partial charge in [-0.1, -0.05) is 75.2 Å². The van der Waals surface area contributed by atoms with E-state index in [4.69, 9.17) is 0 Å². The molecule has 6 aliphatic rings. The van der Waals surface area contributed by atoms with E-state index >= 15 is 0 Å². The van der Waals surface area contributed by atoms with E-state index in [0.717, 1.165) is 49.3 Å². The second-order valence-electron chi connectivity index (χ2n) is 14.0. The molecule has 1 saturated heterocycles. The Morgan fingerprint density at radius 3 is 2.46 bits per heavy atom. The molecule has 1 N–H and O–H groups in total. The third-order valence-electron chi connectivity index (χ3n) is 12.2. The third kappa shape index (κ3) is 3.00. The van der Waals surface area contributed by atoms with Crippen molar-refractivity contribution in [3.8, 4) is 0 Å². The number of carbonyl (C=O) groups is 3. The summed E-state index contributed by atoms with van der Waals surface area (Å²) in [4.78, 5) is 43.1. The van der Waals surface area contributed by atoms with Gasteiger partial charge in [0.2, 0.25) is 11.8 Å². The molecule has 3 saturated carbocycles. The fourth-order valence-corrected chi connectivity index (χ4v) is 10.6. The van der Waals surface area contributed by atoms with Crippen LogP contribution in [-0.4, -0.2) is 22.9 Å². The van der Waals surface area contributed by atoms with E-state index in [1.165, 1.54) is 10.5 Å². The number of anilines is 1. The molecule has 39 heavy (non-hydrogen) atoms. The van der Waals surface area contributed by atoms with Gasteiger partial charge in [-0.2, -0.15) is 0 Å². The standard InChI is InChI=1S/C34H39NO4/c1-19(2)23-18-34-16-13-25-32(3,14-8-15-33(25,4)31(38)39)26(34)17-22(23)27-28(34)30(37)35(29(27)36)24-12-7-10-20-9-5-6-11-21(20)24/h5-7,9-12,18-19,22,25-28H,8,13-17H2,1-4H3,(H,38,39)/t22-,25+,26+,27+,28-,32+,33-,34+/m1/s1. The molecule has 8 rings (SSSR count). The monoisotopic (exact) mass is 525 g/mol. The van der Waals surface area contributed by atoms with E-state index in [1.807, 2.05) is 49.4 Å². The molecule has 0 aromatic heterocycles. The van der Waals surface area contributed by atoms with Crippen molar-refractivity contribution >= 4 is 34.2 Å². The van der Waals surface area contributed by atoms with E-state index < -0.39 is 16.8 Å². The van der Waals surface area contributed by atoms with Crippen molar-refractivity contribution in [2.24, 2.45) is 51.8 Å². The Balaban J connectivity index is 1.38. The molecule has 1 spiro atoms. The van der Waals surface area contributed by atoms with Gasteiger partial charge in [0.05, 0.1) is 22.9 Å². The molecule has 5 heteroatoms. The lowest BCUT2D eigenvalue weighted by Crippen LogP contribution is -2.65. The van der Waals surface area contributed by atoms with Crippen LogP contribution in [0.2, 0.25) is 0 Å². The topological polar surface area (TPSA) is 74.7 Å². The van der Waals surface area contributed by atoms with Crippen molar-refractivity contribution < 1.29 is 19.5 Å². The molecular weight excluding hydrogens is 486 g/mol. The van der Waals surface area contributed by atoms with Crippen LogP contribution in [0, 0.1) is 51.8 Å². The number of hydrogen-bond acceptors (Lipinski definition) is 3. The van der Waals surface area contributed by atoms with Crippen LogP contribution in [0.3, 0.4) is 0 Å². The molecule has 5 aliphatic carbocycles. The Hall–Kier alpha value is -2.95. The Morgan fingerprint density at radius 1 is 0.974 bits per heavy atom. The first-order chi connectivity index (χ1) is 18.5. The molecule has 1 heterocycles. The van der Waals surface area contributed by atoms with Crippen LogP contribution < -0.4 is 4.90 Å². The first-order valence-corrected chi connectivity index (χ1v) is 14.9. The highest BCUT2D eigenvalue weighted by Gasteiger charge is 2.73. The van der Waals surface area contributed by atoms with Gasteiger partial charge in [0.1, 0.15) is 0 Å². The van der Waals surface area contributed by atoms with E-state index in [0.29, 0.717) is 11.6 Å². The highest BCUT2D eigenvalue weighted by Crippen LogP contribution is 2.74. The van der Waals surface area contributed by atoms with Crippen molar-refractivity contribution in [3.63, 3.8) is 0 Å². The van der Waals surface area contributed by atoms with Gasteiger partial charge < -0.3 is 5.11 Å². The number of fused-ring (bicyclic) bond motifs is 2. The maximum atomic E-state index is 14.6. The smallest absolute Gasteiger partial charge is 0.309 e. The Bertz CT molecular complexity index is 1450. The number of carbonyl (C=O) groups excluding carboxylic acids is 2. The van der Waals surface area contributed by atoms with Crippen molar-refractivity contribution in [1.29, 1.82) is 0 Å². The average Bonchev–Trinajstić information content (AvgIpc) is 3.19. The zero-order chi connectivity index (χ0) is 27.5. The summed E-state index contributed by atoms with van der Waals surface area (Å²) >= 11 is 0. The highest BCUT2D eigenvalue weighted by atomic mass is 16.4. The number of imide groups is 1. The zero-order valence-electron chi connectivity index (χ0n) is 23.4. The minimum atomic E-state index is -0.736. The molecule has 5 nitrogen and oxygen atoms in total. The van der Waals surface area contributed by atoms with Gasteiger partial charge in [0, 0.05) is 10.8 Å². The van der Waals surface area contributed by atoms with Crippen LogP contribution in [0.4, 0.5) is 5.69 Å². The summed E-state index contributed by atoms with van der Waals surface area (Å²) in [7, 11) is 0. The number of amides is 2. The molecule has 1 aliphatic heterocycles. The lowest BCUT2D eigenvalue weighted by Gasteiger charge is -2.68. The molecule has 8 atom stereocenters. The highest BCUT2D eigenvalue weighted by molar-refractivity contribution is 6.25. The molecule has 2 amide bonds. The van der Waals surface area contributed by atoms with E-state index in [2.05, 4.69) is 26.8 Å². The van der Waals surface area contributed by atoms with Gasteiger partial charge in [-0.25, -0.2) is 4.90 Å². The molecule has 204 valence electrons. The van der Waals surface area contributed by atoms with Crippen LogP contribution in [0.5, 0.6) is 0 Å². The number of allylic oxidation sites excluding steroid dienone is 2. The minimum absolute atomic E-state index is 0.0342. The van der Waals surface area contributed by atoms with Crippen molar-refractivity contribution in [3.05, 3.63) is 54.1 Å². The SMILES string of the molecule is CC(C)C1=C[C@@]23CC[C@H]4[C@](C)(CCC[C@@]4(C)C(=O)O)[C@@H]2C[C@H]1[C@@H]1C(=O)N(c2cccc4ccccc24)C(=O)[C@@H]13. The van der Waals surface area contributed by atoms with Crippen molar-refractivity contribution in [1.82, 2.24) is 0 Å². The summed E-state index contributed by atoms with van der Waals surface area (Å²) in [5, 5.41) is 12.3. The molecular formula is C34H39NO4. The van der Waals surface area contributed by atoms with Crippen LogP contribution in [0.1, 0.15) is 66.2 Å². The average molecular weight is 526 g/mol. The summed E-state index contributed by atoms with van der Waals surface area (Å²) in [6, 6.07) is 13.9. The summed E-state index contributed by atoms with van der Waals surface area (Å²) < 4.78 is 0. The second kappa shape index (κ2) is 8.05. The summed E-state index contributed by atoms with van der Waals surface area (Å²) in [5.74, 6) is -0.828. The lowest BCUT2D eigenvalue weighted by molar-refractivity contribution is -0.194. The summed E-state index contributed by atoms with van der Waals surface area (Å²) in [6.07, 6.45) is 7.53. The van der Waals surface area contributed by atoms with Crippen molar-refractivity contribution in [2.45, 2.75) is 66.2 Å². The largest absolute Gasteiger partial charge is 0.481 e. The van der Waals surface area contributed by atoms with Gasteiger partial charge in [0.25, 0.3) is 0 Å². The molecule has 2 aromatic rings. The number of rotatable bonds is 3. The van der Waals surface area contributed by atoms with Gasteiger partial charge >= 0.3 is 5.97 Å². The van der Waals surface area contributed by atoms with Crippen LogP contribution >= 0.6 is 0 Å². The van der Waals surface area contributed by atoms with E-state index in [9.17, 15) is 19.5 Å². The fraction of sp³-hybridized carbons (Fsp3) is 0.559. The zero-order valence-corrected chi connectivity index (χ0v) is 23.4. The quantitative estimate of drug-likeness (QED) is 0.351. The Kier molecular flexibility index (Phi) is 5.17. The predicted octanol–water partition coefficient (Wildman–Crippen LogP) is 6.86. The number of benzene rings is 2. The molecule has 4 fully saturated rings. The molecule has 2 bridgehead atoms. The molecule has 2 aromatic carbocycles. The maximum Gasteiger partial charge on any atom is 0.309 e. The van der Waals surface area contributed by atoms with E-state index in [1.54, 1.807) is 0 Å². The molecule has 0 unspecified atom stereocenters. The lowest BCUT2D eigenvalue weighted by atomic mass is 9.34. The second-order valence-corrected chi connectivity index (χ2v) is 14.0. The van der Waals surface area contributed by atoms with Gasteiger partial charge in [0.15, 0.2) is 0 Å². The normalized spacial score (nSPS) is 40.9. The predicted molar refractivity (Wildman–Crippen MR) is 151 cm³/mol. The van der Waals surface area contributed by atoms with Gasteiger partial charge in [-0.3, -0.25) is 14.4 Å². The number of carboxylic acids is 1. The van der Waals surface area contributed by atoms with Crippen molar-refractivity contribution in [2.75, 3.05) is 4.90 Å². The first kappa shape index (κ1) is 25.0.